The van der Waals surface area contributed by atoms with Crippen molar-refractivity contribution in [2.45, 2.75) is 32.2 Å². The van der Waals surface area contributed by atoms with E-state index in [1.165, 1.54) is 11.8 Å². The standard InChI is InChI=1S/C14H23BrN2O2S2/c1-3-16-13(12-8-14(15)20-10-12)7-11-5-4-6-17(9-11)21(2,18)19/h8,10-11,13,16H,3-7,9H2,1-2H3. The average Bonchev–Trinajstić information content (AvgIpc) is 2.84. The molecule has 0 aromatic carbocycles. The highest BCUT2D eigenvalue weighted by molar-refractivity contribution is 9.11. The summed E-state index contributed by atoms with van der Waals surface area (Å²) in [5.41, 5.74) is 1.30. The molecule has 1 aliphatic rings. The van der Waals surface area contributed by atoms with E-state index in [9.17, 15) is 8.42 Å². The van der Waals surface area contributed by atoms with E-state index in [0.717, 1.165) is 29.6 Å². The Bertz CT molecular complexity index is 559. The van der Waals surface area contributed by atoms with E-state index in [1.54, 1.807) is 15.6 Å². The second-order valence-electron chi connectivity index (χ2n) is 5.66. The van der Waals surface area contributed by atoms with Gasteiger partial charge in [-0.05, 0) is 64.7 Å². The Morgan fingerprint density at radius 3 is 2.90 bits per heavy atom. The molecule has 1 aromatic rings. The van der Waals surface area contributed by atoms with Crippen LogP contribution in [-0.2, 0) is 10.0 Å². The van der Waals surface area contributed by atoms with Crippen LogP contribution in [0, 0.1) is 5.92 Å². The number of hydrogen-bond donors (Lipinski definition) is 1. The fraction of sp³-hybridized carbons (Fsp3) is 0.714. The fourth-order valence-electron chi connectivity index (χ4n) is 2.94. The first-order valence-electron chi connectivity index (χ1n) is 7.32. The highest BCUT2D eigenvalue weighted by Crippen LogP contribution is 2.32. The normalized spacial score (nSPS) is 22.3. The largest absolute Gasteiger partial charge is 0.310 e. The maximum Gasteiger partial charge on any atom is 0.211 e. The van der Waals surface area contributed by atoms with Crippen molar-refractivity contribution in [2.24, 2.45) is 5.92 Å². The molecule has 0 radical (unpaired) electrons. The van der Waals surface area contributed by atoms with Crippen LogP contribution in [-0.4, -0.2) is 38.6 Å². The Hall–Kier alpha value is 0.0500. The summed E-state index contributed by atoms with van der Waals surface area (Å²) in [6.07, 6.45) is 4.37. The zero-order valence-corrected chi connectivity index (χ0v) is 15.7. The lowest BCUT2D eigenvalue weighted by molar-refractivity contribution is 0.239. The second kappa shape index (κ2) is 7.55. The quantitative estimate of drug-likeness (QED) is 0.805. The molecule has 2 heterocycles. The second-order valence-corrected chi connectivity index (χ2v) is 9.93. The lowest BCUT2D eigenvalue weighted by atomic mass is 9.90. The maximum atomic E-state index is 11.7. The van der Waals surface area contributed by atoms with Crippen molar-refractivity contribution in [2.75, 3.05) is 25.9 Å². The molecular formula is C14H23BrN2O2S2. The Morgan fingerprint density at radius 2 is 2.33 bits per heavy atom. The Labute approximate surface area is 140 Å². The molecule has 1 N–H and O–H groups in total. The van der Waals surface area contributed by atoms with Crippen molar-refractivity contribution in [1.82, 2.24) is 9.62 Å². The average molecular weight is 395 g/mol. The number of hydrogen-bond acceptors (Lipinski definition) is 4. The van der Waals surface area contributed by atoms with Crippen LogP contribution in [0.5, 0.6) is 0 Å². The molecule has 1 fully saturated rings. The minimum atomic E-state index is -3.06. The predicted octanol–water partition coefficient (Wildman–Crippen LogP) is 3.22. The summed E-state index contributed by atoms with van der Waals surface area (Å²) >= 11 is 5.21. The summed E-state index contributed by atoms with van der Waals surface area (Å²) < 4.78 is 26.2. The van der Waals surface area contributed by atoms with Crippen LogP contribution in [0.1, 0.15) is 37.8 Å². The molecule has 7 heteroatoms. The van der Waals surface area contributed by atoms with Gasteiger partial charge in [-0.2, -0.15) is 0 Å². The van der Waals surface area contributed by atoms with Gasteiger partial charge in [0.15, 0.2) is 0 Å². The van der Waals surface area contributed by atoms with Crippen LogP contribution in [0.3, 0.4) is 0 Å². The number of nitrogens with one attached hydrogen (secondary N) is 1. The van der Waals surface area contributed by atoms with Gasteiger partial charge in [-0.1, -0.05) is 6.92 Å². The zero-order valence-electron chi connectivity index (χ0n) is 12.5. The van der Waals surface area contributed by atoms with E-state index >= 15 is 0 Å². The molecule has 0 bridgehead atoms. The first-order valence-corrected chi connectivity index (χ1v) is 10.8. The number of sulfonamides is 1. The van der Waals surface area contributed by atoms with Gasteiger partial charge in [0.2, 0.25) is 10.0 Å². The molecule has 2 rings (SSSR count). The molecule has 2 atom stereocenters. The molecule has 2 unspecified atom stereocenters. The minimum Gasteiger partial charge on any atom is -0.310 e. The summed E-state index contributed by atoms with van der Waals surface area (Å²) in [4.78, 5) is 0. The number of halogens is 1. The lowest BCUT2D eigenvalue weighted by Gasteiger charge is -2.33. The SMILES string of the molecule is CCNC(CC1CCCN(S(C)(=O)=O)C1)c1csc(Br)c1. The number of rotatable bonds is 6. The van der Waals surface area contributed by atoms with E-state index in [0.29, 0.717) is 25.0 Å². The first kappa shape index (κ1) is 17.4. The van der Waals surface area contributed by atoms with Crippen LogP contribution in [0.25, 0.3) is 0 Å². The molecule has 4 nitrogen and oxygen atoms in total. The lowest BCUT2D eigenvalue weighted by Crippen LogP contribution is -2.40. The van der Waals surface area contributed by atoms with Gasteiger partial charge in [-0.3, -0.25) is 0 Å². The third-order valence-corrected chi connectivity index (χ3v) is 6.75. The van der Waals surface area contributed by atoms with Crippen molar-refractivity contribution in [3.8, 4) is 0 Å². The van der Waals surface area contributed by atoms with Crippen LogP contribution in [0.2, 0.25) is 0 Å². The Balaban J connectivity index is 2.03. The molecule has 0 aliphatic carbocycles. The van der Waals surface area contributed by atoms with E-state index in [2.05, 4.69) is 39.6 Å². The van der Waals surface area contributed by atoms with Gasteiger partial charge in [0.05, 0.1) is 10.0 Å². The molecular weight excluding hydrogens is 372 g/mol. The van der Waals surface area contributed by atoms with Gasteiger partial charge >= 0.3 is 0 Å². The summed E-state index contributed by atoms with van der Waals surface area (Å²) in [5, 5.41) is 5.71. The van der Waals surface area contributed by atoms with Crippen molar-refractivity contribution in [3.63, 3.8) is 0 Å². The van der Waals surface area contributed by atoms with Crippen molar-refractivity contribution in [3.05, 3.63) is 20.8 Å². The van der Waals surface area contributed by atoms with Gasteiger partial charge in [0.1, 0.15) is 0 Å². The molecule has 1 aromatic heterocycles. The van der Waals surface area contributed by atoms with E-state index < -0.39 is 10.0 Å². The fourth-order valence-corrected chi connectivity index (χ4v) is 5.12. The maximum absolute atomic E-state index is 11.7. The third kappa shape index (κ3) is 5.03. The van der Waals surface area contributed by atoms with Gasteiger partial charge in [0.25, 0.3) is 0 Å². The van der Waals surface area contributed by atoms with Gasteiger partial charge in [-0.25, -0.2) is 12.7 Å². The smallest absolute Gasteiger partial charge is 0.211 e. The van der Waals surface area contributed by atoms with E-state index in [1.807, 2.05) is 0 Å². The van der Waals surface area contributed by atoms with Crippen LogP contribution in [0.15, 0.2) is 15.2 Å². The molecule has 0 spiro atoms. The molecule has 0 amide bonds. The van der Waals surface area contributed by atoms with Crippen molar-refractivity contribution >= 4 is 37.3 Å². The highest BCUT2D eigenvalue weighted by atomic mass is 79.9. The van der Waals surface area contributed by atoms with Crippen molar-refractivity contribution in [1.29, 1.82) is 0 Å². The first-order chi connectivity index (χ1) is 9.90. The topological polar surface area (TPSA) is 49.4 Å². The summed E-state index contributed by atoms with van der Waals surface area (Å²) in [5.74, 6) is 0.427. The molecule has 1 aliphatic heterocycles. The van der Waals surface area contributed by atoms with Crippen LogP contribution < -0.4 is 5.32 Å². The van der Waals surface area contributed by atoms with E-state index in [4.69, 9.17) is 0 Å². The molecule has 21 heavy (non-hydrogen) atoms. The van der Waals surface area contributed by atoms with E-state index in [-0.39, 0.29) is 0 Å². The number of thiophene rings is 1. The zero-order chi connectivity index (χ0) is 15.5. The van der Waals surface area contributed by atoms with Gasteiger partial charge in [-0.15, -0.1) is 11.3 Å². The predicted molar refractivity (Wildman–Crippen MR) is 92.2 cm³/mol. The van der Waals surface area contributed by atoms with Crippen molar-refractivity contribution < 1.29 is 8.42 Å². The number of nitrogens with zero attached hydrogens (tertiary/aromatic N) is 1. The number of piperidine rings is 1. The summed E-state index contributed by atoms with van der Waals surface area (Å²) in [6, 6.07) is 2.47. The summed E-state index contributed by atoms with van der Waals surface area (Å²) in [7, 11) is -3.06. The molecule has 1 saturated heterocycles. The summed E-state index contributed by atoms with van der Waals surface area (Å²) in [6.45, 7) is 4.36. The highest BCUT2D eigenvalue weighted by Gasteiger charge is 2.28. The van der Waals surface area contributed by atoms with Gasteiger partial charge < -0.3 is 5.32 Å². The molecule has 120 valence electrons. The van der Waals surface area contributed by atoms with Crippen LogP contribution >= 0.6 is 27.3 Å². The minimum absolute atomic E-state index is 0.307. The Morgan fingerprint density at radius 1 is 1.57 bits per heavy atom. The molecule has 0 saturated carbocycles. The van der Waals surface area contributed by atoms with Gasteiger partial charge in [0, 0.05) is 19.1 Å². The van der Waals surface area contributed by atoms with Crippen LogP contribution in [0.4, 0.5) is 0 Å². The Kier molecular flexibility index (Phi) is 6.25. The third-order valence-electron chi connectivity index (χ3n) is 3.96. The monoisotopic (exact) mass is 394 g/mol.